The van der Waals surface area contributed by atoms with Crippen molar-refractivity contribution in [3.63, 3.8) is 0 Å². The second-order valence-corrected chi connectivity index (χ2v) is 8.96. The molecule has 0 unspecified atom stereocenters. The number of amides is 1. The summed E-state index contributed by atoms with van der Waals surface area (Å²) in [7, 11) is 5.63. The predicted octanol–water partition coefficient (Wildman–Crippen LogP) is 4.02. The summed E-state index contributed by atoms with van der Waals surface area (Å²) in [5.74, 6) is 0.929. The van der Waals surface area contributed by atoms with Crippen molar-refractivity contribution in [2.75, 3.05) is 52.2 Å². The number of rotatable bonds is 8. The minimum absolute atomic E-state index is 0.0275. The third kappa shape index (κ3) is 7.24. The van der Waals surface area contributed by atoms with Crippen molar-refractivity contribution in [2.24, 2.45) is 4.99 Å². The quantitative estimate of drug-likeness (QED) is 0.489. The Morgan fingerprint density at radius 3 is 2.39 bits per heavy atom. The Morgan fingerprint density at radius 2 is 1.73 bits per heavy atom. The van der Waals surface area contributed by atoms with E-state index >= 15 is 0 Å². The fourth-order valence-electron chi connectivity index (χ4n) is 4.19. The maximum absolute atomic E-state index is 12.2. The molecule has 1 fully saturated rings. The van der Waals surface area contributed by atoms with E-state index in [0.29, 0.717) is 6.54 Å². The lowest BCUT2D eigenvalue weighted by Crippen LogP contribution is -2.38. The van der Waals surface area contributed by atoms with Gasteiger partial charge in [0.2, 0.25) is 0 Å². The van der Waals surface area contributed by atoms with Crippen LogP contribution in [0.5, 0.6) is 0 Å². The molecule has 0 atom stereocenters. The number of guanidine groups is 1. The smallest absolute Gasteiger partial charge is 0.253 e. The van der Waals surface area contributed by atoms with Gasteiger partial charge in [-0.1, -0.05) is 24.3 Å². The van der Waals surface area contributed by atoms with Gasteiger partial charge in [-0.05, 0) is 68.0 Å². The summed E-state index contributed by atoms with van der Waals surface area (Å²) in [5, 5.41) is 3.40. The summed E-state index contributed by atoms with van der Waals surface area (Å²) in [6, 6.07) is 16.8. The van der Waals surface area contributed by atoms with E-state index in [9.17, 15) is 4.79 Å². The lowest BCUT2D eigenvalue weighted by molar-refractivity contribution is 0.0827. The highest BCUT2D eigenvalue weighted by Crippen LogP contribution is 2.20. The first-order chi connectivity index (χ1) is 16.0. The predicted molar refractivity (Wildman–Crippen MR) is 138 cm³/mol. The van der Waals surface area contributed by atoms with E-state index in [1.807, 2.05) is 18.2 Å². The van der Waals surface area contributed by atoms with Crippen molar-refractivity contribution in [2.45, 2.75) is 39.2 Å². The van der Waals surface area contributed by atoms with E-state index in [2.05, 4.69) is 59.4 Å². The second kappa shape index (κ2) is 12.3. The highest BCUT2D eigenvalue weighted by molar-refractivity contribution is 5.94. The molecule has 2 aromatic carbocycles. The van der Waals surface area contributed by atoms with Gasteiger partial charge in [0, 0.05) is 65.1 Å². The first-order valence-electron chi connectivity index (χ1n) is 12.1. The van der Waals surface area contributed by atoms with Crippen molar-refractivity contribution in [1.29, 1.82) is 0 Å². The van der Waals surface area contributed by atoms with E-state index in [1.54, 1.807) is 19.0 Å². The van der Waals surface area contributed by atoms with Gasteiger partial charge in [-0.25, -0.2) is 0 Å². The molecule has 1 aliphatic heterocycles. The molecule has 0 saturated carbocycles. The van der Waals surface area contributed by atoms with Crippen LogP contribution in [-0.4, -0.2) is 69.0 Å². The van der Waals surface area contributed by atoms with Gasteiger partial charge in [-0.2, -0.15) is 0 Å². The molecule has 0 spiro atoms. The van der Waals surface area contributed by atoms with Crippen LogP contribution in [0.15, 0.2) is 53.5 Å². The summed E-state index contributed by atoms with van der Waals surface area (Å²) in [5.41, 5.74) is 4.45. The number of benzene rings is 2. The van der Waals surface area contributed by atoms with Gasteiger partial charge in [-0.15, -0.1) is 0 Å². The molecular formula is C27H39N5O. The highest BCUT2D eigenvalue weighted by Gasteiger charge is 2.12. The molecule has 6 heteroatoms. The first-order valence-corrected chi connectivity index (χ1v) is 12.1. The third-order valence-electron chi connectivity index (χ3n) is 6.02. The molecule has 1 aliphatic rings. The zero-order valence-electron chi connectivity index (χ0n) is 20.7. The van der Waals surface area contributed by atoms with Crippen LogP contribution in [0.4, 0.5) is 5.69 Å². The molecule has 2 aromatic rings. The van der Waals surface area contributed by atoms with Crippen molar-refractivity contribution < 1.29 is 4.79 Å². The van der Waals surface area contributed by atoms with Gasteiger partial charge in [0.05, 0.1) is 0 Å². The van der Waals surface area contributed by atoms with Crippen molar-refractivity contribution in [3.05, 3.63) is 65.2 Å². The number of piperidine rings is 1. The van der Waals surface area contributed by atoms with Crippen LogP contribution in [0.2, 0.25) is 0 Å². The number of carbonyl (C=O) groups is 1. The summed E-state index contributed by atoms with van der Waals surface area (Å²) in [6.07, 6.45) is 4.74. The van der Waals surface area contributed by atoms with Gasteiger partial charge in [0.1, 0.15) is 0 Å². The number of carbonyl (C=O) groups excluding carboxylic acids is 1. The average molecular weight is 450 g/mol. The van der Waals surface area contributed by atoms with Crippen LogP contribution in [-0.2, 0) is 13.0 Å². The molecule has 0 aromatic heterocycles. The molecule has 6 nitrogen and oxygen atoms in total. The first kappa shape index (κ1) is 24.6. The van der Waals surface area contributed by atoms with Crippen LogP contribution in [0, 0.1) is 0 Å². The Bertz CT molecular complexity index is 916. The lowest BCUT2D eigenvalue weighted by Gasteiger charge is -2.29. The van der Waals surface area contributed by atoms with Gasteiger partial charge in [0.25, 0.3) is 5.91 Å². The minimum atomic E-state index is 0.0275. The minimum Gasteiger partial charge on any atom is -0.372 e. The molecule has 1 amide bonds. The number of nitrogens with zero attached hydrogens (tertiary/aromatic N) is 4. The summed E-state index contributed by atoms with van der Waals surface area (Å²) < 4.78 is 0. The van der Waals surface area contributed by atoms with Gasteiger partial charge in [-0.3, -0.25) is 9.79 Å². The van der Waals surface area contributed by atoms with E-state index in [4.69, 9.17) is 4.99 Å². The zero-order chi connectivity index (χ0) is 23.6. The molecule has 1 heterocycles. The van der Waals surface area contributed by atoms with Crippen molar-refractivity contribution in [3.8, 4) is 0 Å². The monoisotopic (exact) mass is 449 g/mol. The van der Waals surface area contributed by atoms with Crippen molar-refractivity contribution in [1.82, 2.24) is 15.1 Å². The number of hydrogen-bond acceptors (Lipinski definition) is 3. The Balaban J connectivity index is 1.58. The highest BCUT2D eigenvalue weighted by atomic mass is 16.2. The summed E-state index contributed by atoms with van der Waals surface area (Å²) >= 11 is 0. The maximum atomic E-state index is 12.2. The molecule has 0 aliphatic carbocycles. The molecule has 1 saturated heterocycles. The molecule has 178 valence electrons. The SMILES string of the molecule is CCNC(=NCCc1cccc(C(=O)N(C)C)c1)N(C)Cc1ccc(N2CCCCC2)cc1. The topological polar surface area (TPSA) is 51.2 Å². The van der Waals surface area contributed by atoms with Crippen LogP contribution in [0.25, 0.3) is 0 Å². The number of aliphatic imine (C=N–C) groups is 1. The Kier molecular flexibility index (Phi) is 9.16. The van der Waals surface area contributed by atoms with Crippen molar-refractivity contribution >= 4 is 17.6 Å². The van der Waals surface area contributed by atoms with Gasteiger partial charge < -0.3 is 20.0 Å². The van der Waals surface area contributed by atoms with Gasteiger partial charge in [0.15, 0.2) is 5.96 Å². The molecular weight excluding hydrogens is 410 g/mol. The normalized spacial score (nSPS) is 14.2. The summed E-state index contributed by atoms with van der Waals surface area (Å²) in [6.45, 7) is 6.72. The molecule has 33 heavy (non-hydrogen) atoms. The van der Waals surface area contributed by atoms with E-state index < -0.39 is 0 Å². The summed E-state index contributed by atoms with van der Waals surface area (Å²) in [4.78, 5) is 23.3. The van der Waals surface area contributed by atoms with E-state index in [1.165, 1.54) is 43.6 Å². The van der Waals surface area contributed by atoms with Crippen LogP contribution < -0.4 is 10.2 Å². The number of hydrogen-bond donors (Lipinski definition) is 1. The number of nitrogens with one attached hydrogen (secondary N) is 1. The van der Waals surface area contributed by atoms with Crippen LogP contribution >= 0.6 is 0 Å². The Hall–Kier alpha value is -3.02. The fraction of sp³-hybridized carbons (Fsp3) is 0.481. The Labute approximate surface area is 199 Å². The molecule has 0 radical (unpaired) electrons. The van der Waals surface area contributed by atoms with E-state index in [-0.39, 0.29) is 5.91 Å². The maximum Gasteiger partial charge on any atom is 0.253 e. The zero-order valence-corrected chi connectivity index (χ0v) is 20.7. The Morgan fingerprint density at radius 1 is 1.00 bits per heavy atom. The molecule has 1 N–H and O–H groups in total. The largest absolute Gasteiger partial charge is 0.372 e. The molecule has 0 bridgehead atoms. The van der Waals surface area contributed by atoms with Gasteiger partial charge >= 0.3 is 0 Å². The van der Waals surface area contributed by atoms with Crippen LogP contribution in [0.1, 0.15) is 47.7 Å². The van der Waals surface area contributed by atoms with Crippen LogP contribution in [0.3, 0.4) is 0 Å². The number of anilines is 1. The second-order valence-electron chi connectivity index (χ2n) is 8.96. The molecule has 3 rings (SSSR count). The average Bonchev–Trinajstić information content (AvgIpc) is 2.84. The van der Waals surface area contributed by atoms with E-state index in [0.717, 1.165) is 36.6 Å². The lowest BCUT2D eigenvalue weighted by atomic mass is 10.1. The third-order valence-corrected chi connectivity index (χ3v) is 6.02. The standard InChI is InChI=1S/C27H39N5O/c1-5-28-27(29-17-16-22-10-9-11-24(20-22)26(33)30(2)3)31(4)21-23-12-14-25(15-13-23)32-18-7-6-8-19-32/h9-15,20H,5-8,16-19,21H2,1-4H3,(H,28,29). The fourth-order valence-corrected chi connectivity index (χ4v) is 4.19.